The number of halogens is 1. The molecule has 0 aliphatic rings. The number of fused-ring (bicyclic) bond motifs is 1. The van der Waals surface area contributed by atoms with Gasteiger partial charge in [0.15, 0.2) is 0 Å². The fourth-order valence-electron chi connectivity index (χ4n) is 4.25. The Hall–Kier alpha value is -3.27. The van der Waals surface area contributed by atoms with Gasteiger partial charge in [-0.15, -0.1) is 11.3 Å². The van der Waals surface area contributed by atoms with E-state index in [2.05, 4.69) is 26.6 Å². The van der Waals surface area contributed by atoms with Crippen molar-refractivity contribution in [3.8, 4) is 11.1 Å². The molecule has 0 spiro atoms. The van der Waals surface area contributed by atoms with Crippen molar-refractivity contribution in [2.75, 3.05) is 31.3 Å². The molecule has 0 saturated heterocycles. The third kappa shape index (κ3) is 5.69. The Morgan fingerprint density at radius 3 is 2.49 bits per heavy atom. The molecule has 9 heteroatoms. The van der Waals surface area contributed by atoms with Gasteiger partial charge in [-0.2, -0.15) is 0 Å². The van der Waals surface area contributed by atoms with Crippen LogP contribution in [0.2, 0.25) is 0 Å². The van der Waals surface area contributed by atoms with E-state index in [-0.39, 0.29) is 11.8 Å². The van der Waals surface area contributed by atoms with Crippen molar-refractivity contribution in [3.63, 3.8) is 0 Å². The fraction of sp³-hybridized carbons (Fsp3) is 0.250. The number of methoxy groups -OCH3 is 1. The standard InChI is InChI=1S/C28H29BrN4O3S/c1-15-6-11-20(16(2)14-15)33-26(34)21-17(3)32-28-23(22(21)18-7-9-19(29)10-8-18)24(30)25(37-28)27(35)31-12-5-13-36-4/h6-11,14H,5,12-13,30H2,1-4H3,(H,31,35)(H,33,34). The van der Waals surface area contributed by atoms with Crippen LogP contribution in [-0.2, 0) is 4.74 Å². The van der Waals surface area contributed by atoms with Crippen molar-refractivity contribution in [1.82, 2.24) is 10.3 Å². The topological polar surface area (TPSA) is 106 Å². The second kappa shape index (κ2) is 11.4. The number of aromatic nitrogens is 1. The van der Waals surface area contributed by atoms with Gasteiger partial charge in [0.2, 0.25) is 0 Å². The number of carbonyl (C=O) groups is 2. The lowest BCUT2D eigenvalue weighted by molar-refractivity contribution is 0.0952. The van der Waals surface area contributed by atoms with Gasteiger partial charge in [-0.3, -0.25) is 9.59 Å². The van der Waals surface area contributed by atoms with Gasteiger partial charge in [0.25, 0.3) is 11.8 Å². The van der Waals surface area contributed by atoms with Crippen molar-refractivity contribution < 1.29 is 14.3 Å². The van der Waals surface area contributed by atoms with Crippen molar-refractivity contribution in [3.05, 3.63) is 74.2 Å². The SMILES string of the molecule is COCCCNC(=O)c1sc2nc(C)c(C(=O)Nc3ccc(C)cc3C)c(-c3ccc(Br)cc3)c2c1N. The van der Waals surface area contributed by atoms with Crippen LogP contribution >= 0.6 is 27.3 Å². The predicted molar refractivity (Wildman–Crippen MR) is 155 cm³/mol. The zero-order chi connectivity index (χ0) is 26.7. The van der Waals surface area contributed by atoms with Crippen molar-refractivity contribution in [2.24, 2.45) is 0 Å². The second-order valence-electron chi connectivity index (χ2n) is 8.85. The van der Waals surface area contributed by atoms with Gasteiger partial charge in [0, 0.05) is 41.4 Å². The number of anilines is 2. The quantitative estimate of drug-likeness (QED) is 0.213. The molecule has 192 valence electrons. The van der Waals surface area contributed by atoms with Crippen molar-refractivity contribution in [2.45, 2.75) is 27.2 Å². The van der Waals surface area contributed by atoms with Crippen molar-refractivity contribution >= 4 is 60.7 Å². The number of thiophene rings is 1. The van der Waals surface area contributed by atoms with Crippen LogP contribution in [0.15, 0.2) is 46.9 Å². The number of aryl methyl sites for hydroxylation is 3. The molecule has 0 unspecified atom stereocenters. The van der Waals surface area contributed by atoms with Crippen molar-refractivity contribution in [1.29, 1.82) is 0 Å². The zero-order valence-corrected chi connectivity index (χ0v) is 23.6. The Morgan fingerprint density at radius 1 is 1.08 bits per heavy atom. The highest BCUT2D eigenvalue weighted by Crippen LogP contribution is 2.42. The molecule has 4 rings (SSSR count). The van der Waals surface area contributed by atoms with Crippen LogP contribution < -0.4 is 16.4 Å². The van der Waals surface area contributed by atoms with E-state index in [4.69, 9.17) is 15.5 Å². The molecule has 0 bridgehead atoms. The average molecular weight is 582 g/mol. The summed E-state index contributed by atoms with van der Waals surface area (Å²) in [6, 6.07) is 13.5. The van der Waals surface area contributed by atoms with Crippen LogP contribution in [0.3, 0.4) is 0 Å². The summed E-state index contributed by atoms with van der Waals surface area (Å²) in [6.07, 6.45) is 0.692. The Kier molecular flexibility index (Phi) is 8.26. The lowest BCUT2D eigenvalue weighted by Gasteiger charge is -2.16. The highest BCUT2D eigenvalue weighted by Gasteiger charge is 2.26. The first-order valence-corrected chi connectivity index (χ1v) is 13.5. The van der Waals surface area contributed by atoms with E-state index >= 15 is 0 Å². The minimum atomic E-state index is -0.284. The molecule has 0 fully saturated rings. The van der Waals surface area contributed by atoms with E-state index in [9.17, 15) is 9.59 Å². The van der Waals surface area contributed by atoms with E-state index in [1.807, 2.05) is 56.3 Å². The molecule has 2 aromatic heterocycles. The number of carbonyl (C=O) groups excluding carboxylic acids is 2. The maximum Gasteiger partial charge on any atom is 0.263 e. The maximum absolute atomic E-state index is 13.7. The predicted octanol–water partition coefficient (Wildman–Crippen LogP) is 6.25. The summed E-state index contributed by atoms with van der Waals surface area (Å²) >= 11 is 4.71. The van der Waals surface area contributed by atoms with E-state index in [1.54, 1.807) is 14.0 Å². The number of rotatable bonds is 8. The smallest absolute Gasteiger partial charge is 0.263 e. The minimum absolute atomic E-state index is 0.266. The number of hydrogen-bond donors (Lipinski definition) is 3. The molecule has 2 amide bonds. The highest BCUT2D eigenvalue weighted by molar-refractivity contribution is 9.10. The number of nitrogens with zero attached hydrogens (tertiary/aromatic N) is 1. The van der Waals surface area contributed by atoms with Gasteiger partial charge in [-0.25, -0.2) is 4.98 Å². The molecular weight excluding hydrogens is 552 g/mol. The Labute approximate surface area is 228 Å². The molecule has 7 nitrogen and oxygen atoms in total. The first-order chi connectivity index (χ1) is 17.7. The maximum atomic E-state index is 13.7. The molecule has 0 radical (unpaired) electrons. The first-order valence-electron chi connectivity index (χ1n) is 11.9. The molecule has 0 saturated carbocycles. The van der Waals surface area contributed by atoms with E-state index in [0.717, 1.165) is 26.9 Å². The van der Waals surface area contributed by atoms with E-state index in [0.29, 0.717) is 57.2 Å². The monoisotopic (exact) mass is 580 g/mol. The number of amides is 2. The van der Waals surface area contributed by atoms with Gasteiger partial charge >= 0.3 is 0 Å². The highest BCUT2D eigenvalue weighted by atomic mass is 79.9. The normalized spacial score (nSPS) is 11.1. The number of pyridine rings is 1. The number of nitrogens with two attached hydrogens (primary N) is 1. The summed E-state index contributed by atoms with van der Waals surface area (Å²) in [5, 5.41) is 6.55. The third-order valence-corrected chi connectivity index (χ3v) is 7.69. The molecule has 2 heterocycles. The van der Waals surface area contributed by atoms with Crippen LogP contribution in [-0.4, -0.2) is 37.1 Å². The lowest BCUT2D eigenvalue weighted by Crippen LogP contribution is -2.25. The lowest BCUT2D eigenvalue weighted by atomic mass is 9.94. The summed E-state index contributed by atoms with van der Waals surface area (Å²) in [4.78, 5) is 32.4. The molecule has 2 aromatic carbocycles. The molecule has 4 aromatic rings. The van der Waals surface area contributed by atoms with Crippen LogP contribution in [0.4, 0.5) is 11.4 Å². The van der Waals surface area contributed by atoms with E-state index < -0.39 is 0 Å². The number of nitrogen functional groups attached to an aromatic ring is 1. The summed E-state index contributed by atoms with van der Waals surface area (Å²) in [5.41, 5.74) is 12.2. The number of nitrogens with one attached hydrogen (secondary N) is 2. The molecule has 0 aliphatic heterocycles. The summed E-state index contributed by atoms with van der Waals surface area (Å²) < 4.78 is 5.97. The largest absolute Gasteiger partial charge is 0.397 e. The molecule has 0 aliphatic carbocycles. The minimum Gasteiger partial charge on any atom is -0.397 e. The Morgan fingerprint density at radius 2 is 1.81 bits per heavy atom. The second-order valence-corrected chi connectivity index (χ2v) is 10.8. The van der Waals surface area contributed by atoms with Gasteiger partial charge in [0.05, 0.1) is 16.9 Å². The Bertz CT molecular complexity index is 1480. The number of benzene rings is 2. The molecule has 37 heavy (non-hydrogen) atoms. The van der Waals surface area contributed by atoms with Gasteiger partial charge in [-0.1, -0.05) is 45.8 Å². The number of hydrogen-bond acceptors (Lipinski definition) is 6. The van der Waals surface area contributed by atoms with Crippen LogP contribution in [0.25, 0.3) is 21.3 Å². The van der Waals surface area contributed by atoms with E-state index in [1.165, 1.54) is 11.3 Å². The average Bonchev–Trinajstić information content (AvgIpc) is 3.19. The summed E-state index contributed by atoms with van der Waals surface area (Å²) in [7, 11) is 1.62. The fourth-order valence-corrected chi connectivity index (χ4v) is 5.59. The Balaban J connectivity index is 1.86. The summed E-state index contributed by atoms with van der Waals surface area (Å²) in [6.45, 7) is 6.79. The van der Waals surface area contributed by atoms with Crippen LogP contribution in [0.1, 0.15) is 43.3 Å². The summed E-state index contributed by atoms with van der Waals surface area (Å²) in [5.74, 6) is -0.551. The molecule has 4 N–H and O–H groups in total. The van der Waals surface area contributed by atoms with Gasteiger partial charge in [-0.05, 0) is 56.5 Å². The van der Waals surface area contributed by atoms with Crippen LogP contribution in [0.5, 0.6) is 0 Å². The zero-order valence-electron chi connectivity index (χ0n) is 21.2. The third-order valence-electron chi connectivity index (χ3n) is 6.06. The van der Waals surface area contributed by atoms with Gasteiger partial charge < -0.3 is 21.1 Å². The molecular formula is C28H29BrN4O3S. The number of ether oxygens (including phenoxy) is 1. The molecule has 0 atom stereocenters. The first kappa shape index (κ1) is 26.8. The van der Waals surface area contributed by atoms with Crippen LogP contribution in [0, 0.1) is 20.8 Å². The van der Waals surface area contributed by atoms with Gasteiger partial charge in [0.1, 0.15) is 9.71 Å².